The summed E-state index contributed by atoms with van der Waals surface area (Å²) in [6, 6.07) is 8.79. The molecule has 1 unspecified atom stereocenters. The van der Waals surface area contributed by atoms with Gasteiger partial charge in [0.2, 0.25) is 5.88 Å². The summed E-state index contributed by atoms with van der Waals surface area (Å²) in [5.74, 6) is 1.56. The molecule has 1 atom stereocenters. The number of carbonyl (C=O) groups is 1. The Balaban J connectivity index is 1.40. The summed E-state index contributed by atoms with van der Waals surface area (Å²) in [6.07, 6.45) is 5.86. The van der Waals surface area contributed by atoms with Crippen LogP contribution < -0.4 is 5.32 Å². The summed E-state index contributed by atoms with van der Waals surface area (Å²) in [5, 5.41) is 6.75. The zero-order valence-electron chi connectivity index (χ0n) is 16.3. The van der Waals surface area contributed by atoms with E-state index in [2.05, 4.69) is 47.7 Å². The monoisotopic (exact) mass is 365 g/mol. The molecule has 5 heteroatoms. The number of nitrogens with one attached hydrogen (secondary N) is 1. The SMILES string of the molecule is Cc1noc(NC(=O)N2CCC(=Cc3cccc(C4CC4)c3)C(C)C2)c1C. The van der Waals surface area contributed by atoms with Crippen LogP contribution in [0, 0.1) is 19.8 Å². The second-order valence-corrected chi connectivity index (χ2v) is 7.91. The van der Waals surface area contributed by atoms with Gasteiger partial charge in [-0.2, -0.15) is 0 Å². The molecule has 1 aliphatic heterocycles. The van der Waals surface area contributed by atoms with Crippen molar-refractivity contribution in [1.29, 1.82) is 0 Å². The average molecular weight is 365 g/mol. The lowest BCUT2D eigenvalue weighted by Gasteiger charge is -2.33. The first-order valence-electron chi connectivity index (χ1n) is 9.80. The normalized spacial score (nSPS) is 21.5. The van der Waals surface area contributed by atoms with Crippen molar-refractivity contribution in [2.45, 2.75) is 46.0 Å². The maximum Gasteiger partial charge on any atom is 0.324 e. The molecule has 1 aromatic heterocycles. The molecule has 1 aliphatic carbocycles. The van der Waals surface area contributed by atoms with Gasteiger partial charge in [0.25, 0.3) is 0 Å². The molecule has 2 aromatic rings. The second-order valence-electron chi connectivity index (χ2n) is 7.91. The number of amides is 2. The Bertz CT molecular complexity index is 879. The number of likely N-dealkylation sites (tertiary alicyclic amines) is 1. The zero-order chi connectivity index (χ0) is 19.0. The van der Waals surface area contributed by atoms with E-state index in [1.807, 2.05) is 18.7 Å². The first kappa shape index (κ1) is 17.8. The van der Waals surface area contributed by atoms with Gasteiger partial charge in [-0.1, -0.05) is 48.0 Å². The van der Waals surface area contributed by atoms with E-state index in [4.69, 9.17) is 4.52 Å². The van der Waals surface area contributed by atoms with Crippen LogP contribution in [0.2, 0.25) is 0 Å². The van der Waals surface area contributed by atoms with E-state index in [1.54, 1.807) is 0 Å². The van der Waals surface area contributed by atoms with Gasteiger partial charge in [0, 0.05) is 18.7 Å². The third-order valence-electron chi connectivity index (χ3n) is 5.77. The molecule has 5 nitrogen and oxygen atoms in total. The van der Waals surface area contributed by atoms with Crippen LogP contribution in [0.15, 0.2) is 34.4 Å². The number of benzene rings is 1. The fraction of sp³-hybridized carbons (Fsp3) is 0.455. The van der Waals surface area contributed by atoms with Gasteiger partial charge in [0.05, 0.1) is 5.69 Å². The third kappa shape index (κ3) is 3.92. The van der Waals surface area contributed by atoms with Gasteiger partial charge in [-0.25, -0.2) is 4.79 Å². The second kappa shape index (κ2) is 7.22. The molecule has 1 saturated carbocycles. The van der Waals surface area contributed by atoms with Crippen LogP contribution in [-0.2, 0) is 0 Å². The van der Waals surface area contributed by atoms with Crippen molar-refractivity contribution in [1.82, 2.24) is 10.1 Å². The molecule has 1 aromatic carbocycles. The van der Waals surface area contributed by atoms with E-state index in [0.717, 1.165) is 30.1 Å². The molecule has 27 heavy (non-hydrogen) atoms. The van der Waals surface area contributed by atoms with E-state index < -0.39 is 0 Å². The number of anilines is 1. The molecule has 2 heterocycles. The van der Waals surface area contributed by atoms with Gasteiger partial charge < -0.3 is 9.42 Å². The summed E-state index contributed by atoms with van der Waals surface area (Å²) in [6.45, 7) is 7.39. The summed E-state index contributed by atoms with van der Waals surface area (Å²) in [7, 11) is 0. The van der Waals surface area contributed by atoms with E-state index in [-0.39, 0.29) is 6.03 Å². The number of urea groups is 1. The van der Waals surface area contributed by atoms with Crippen molar-refractivity contribution in [3.63, 3.8) is 0 Å². The highest BCUT2D eigenvalue weighted by atomic mass is 16.5. The molecule has 0 bridgehead atoms. The summed E-state index contributed by atoms with van der Waals surface area (Å²) in [5.41, 5.74) is 5.85. The lowest BCUT2D eigenvalue weighted by Crippen LogP contribution is -2.42. The minimum absolute atomic E-state index is 0.115. The predicted molar refractivity (Wildman–Crippen MR) is 107 cm³/mol. The smallest absolute Gasteiger partial charge is 0.324 e. The van der Waals surface area contributed by atoms with Gasteiger partial charge >= 0.3 is 6.03 Å². The average Bonchev–Trinajstić information content (AvgIpc) is 3.46. The number of piperidine rings is 1. The zero-order valence-corrected chi connectivity index (χ0v) is 16.3. The van der Waals surface area contributed by atoms with E-state index in [1.165, 1.54) is 29.5 Å². The maximum absolute atomic E-state index is 12.6. The predicted octanol–water partition coefficient (Wildman–Crippen LogP) is 5.13. The van der Waals surface area contributed by atoms with Gasteiger partial charge in [0.1, 0.15) is 0 Å². The summed E-state index contributed by atoms with van der Waals surface area (Å²) in [4.78, 5) is 14.4. The Hall–Kier alpha value is -2.56. The van der Waals surface area contributed by atoms with Crippen LogP contribution >= 0.6 is 0 Å². The van der Waals surface area contributed by atoms with Crippen molar-refractivity contribution in [2.24, 2.45) is 5.92 Å². The lowest BCUT2D eigenvalue weighted by molar-refractivity contribution is 0.197. The van der Waals surface area contributed by atoms with Gasteiger partial charge in [-0.15, -0.1) is 0 Å². The molecule has 2 aliphatic rings. The number of rotatable bonds is 3. The van der Waals surface area contributed by atoms with Crippen molar-refractivity contribution < 1.29 is 9.32 Å². The molecule has 2 amide bonds. The Labute approximate surface area is 160 Å². The standard InChI is InChI=1S/C22H27N3O2/c1-14-13-25(22(26)23-21-15(2)16(3)24-27-21)10-9-19(14)11-17-5-4-6-20(12-17)18-7-8-18/h4-6,11-12,14,18H,7-10,13H2,1-3H3,(H,23,26). The number of aromatic nitrogens is 1. The van der Waals surface area contributed by atoms with Crippen LogP contribution in [0.3, 0.4) is 0 Å². The van der Waals surface area contributed by atoms with Gasteiger partial charge in [0.15, 0.2) is 0 Å². The van der Waals surface area contributed by atoms with E-state index >= 15 is 0 Å². The van der Waals surface area contributed by atoms with Crippen LogP contribution in [-0.4, -0.2) is 29.2 Å². The number of nitrogens with zero attached hydrogens (tertiary/aromatic N) is 2. The number of aryl methyl sites for hydroxylation is 1. The Morgan fingerprint density at radius 1 is 1.33 bits per heavy atom. The number of hydrogen-bond donors (Lipinski definition) is 1. The molecule has 1 N–H and O–H groups in total. The summed E-state index contributed by atoms with van der Waals surface area (Å²) >= 11 is 0. The van der Waals surface area contributed by atoms with Crippen molar-refractivity contribution in [3.05, 3.63) is 52.2 Å². The summed E-state index contributed by atoms with van der Waals surface area (Å²) < 4.78 is 5.20. The van der Waals surface area contributed by atoms with E-state index in [0.29, 0.717) is 18.3 Å². The first-order chi connectivity index (χ1) is 13.0. The van der Waals surface area contributed by atoms with Crippen molar-refractivity contribution in [3.8, 4) is 0 Å². The first-order valence-corrected chi connectivity index (χ1v) is 9.80. The van der Waals surface area contributed by atoms with E-state index in [9.17, 15) is 4.79 Å². The lowest BCUT2D eigenvalue weighted by atomic mass is 9.91. The Morgan fingerprint density at radius 2 is 2.15 bits per heavy atom. The van der Waals surface area contributed by atoms with Crippen LogP contribution in [0.4, 0.5) is 10.7 Å². The Morgan fingerprint density at radius 3 is 2.81 bits per heavy atom. The third-order valence-corrected chi connectivity index (χ3v) is 5.77. The topological polar surface area (TPSA) is 58.4 Å². The van der Waals surface area contributed by atoms with Crippen LogP contribution in [0.25, 0.3) is 6.08 Å². The highest BCUT2D eigenvalue weighted by Crippen LogP contribution is 2.40. The largest absolute Gasteiger partial charge is 0.338 e. The van der Waals surface area contributed by atoms with Gasteiger partial charge in [-0.3, -0.25) is 5.32 Å². The Kier molecular flexibility index (Phi) is 4.77. The molecule has 142 valence electrons. The highest BCUT2D eigenvalue weighted by Gasteiger charge is 2.26. The molecule has 1 saturated heterocycles. The minimum atomic E-state index is -0.115. The molecule has 0 spiro atoms. The molecular formula is C22H27N3O2. The maximum atomic E-state index is 12.6. The number of hydrogen-bond acceptors (Lipinski definition) is 3. The van der Waals surface area contributed by atoms with Crippen LogP contribution in [0.1, 0.15) is 54.5 Å². The highest BCUT2D eigenvalue weighted by molar-refractivity contribution is 5.88. The van der Waals surface area contributed by atoms with Crippen molar-refractivity contribution >= 4 is 18.0 Å². The minimum Gasteiger partial charge on any atom is -0.338 e. The molecule has 0 radical (unpaired) electrons. The molecule has 4 rings (SSSR count). The van der Waals surface area contributed by atoms with Gasteiger partial charge in [-0.05, 0) is 56.1 Å². The number of carbonyl (C=O) groups excluding carboxylic acids is 1. The van der Waals surface area contributed by atoms with Crippen LogP contribution in [0.5, 0.6) is 0 Å². The molecule has 2 fully saturated rings. The fourth-order valence-corrected chi connectivity index (χ4v) is 3.69. The van der Waals surface area contributed by atoms with Crippen molar-refractivity contribution in [2.75, 3.05) is 18.4 Å². The fourth-order valence-electron chi connectivity index (χ4n) is 3.69. The quantitative estimate of drug-likeness (QED) is 0.821. The molecular weight excluding hydrogens is 338 g/mol.